The Morgan fingerprint density at radius 1 is 1.10 bits per heavy atom. The van der Waals surface area contributed by atoms with Crippen LogP contribution in [0.2, 0.25) is 10.0 Å². The van der Waals surface area contributed by atoms with Crippen LogP contribution in [-0.2, 0) is 6.42 Å². The number of hydrogen-bond donors (Lipinski definition) is 0. The first-order valence-corrected chi connectivity index (χ1v) is 8.37. The van der Waals surface area contributed by atoms with Crippen LogP contribution in [0, 0.1) is 0 Å². The predicted molar refractivity (Wildman–Crippen MR) is 93.2 cm³/mol. The highest BCUT2D eigenvalue weighted by molar-refractivity contribution is 9.10. The Bertz CT molecular complexity index is 814. The molecule has 0 aliphatic carbocycles. The number of aryl methyl sites for hydroxylation is 1. The maximum absolute atomic E-state index is 6.12. The molecule has 0 saturated heterocycles. The van der Waals surface area contributed by atoms with Crippen molar-refractivity contribution in [1.82, 2.24) is 9.55 Å². The normalized spacial score (nSPS) is 11.2. The third kappa shape index (κ3) is 2.93. The van der Waals surface area contributed by atoms with Crippen LogP contribution in [0.1, 0.15) is 5.82 Å². The molecule has 3 aromatic rings. The molecule has 1 aromatic heterocycles. The second-order valence-corrected chi connectivity index (χ2v) is 6.61. The largest absolute Gasteiger partial charge is 0.296 e. The number of hydrogen-bond acceptors (Lipinski definition) is 1. The Hall–Kier alpha value is -0.740. The van der Waals surface area contributed by atoms with Crippen molar-refractivity contribution in [1.29, 1.82) is 0 Å². The van der Waals surface area contributed by atoms with Crippen molar-refractivity contribution in [3.05, 3.63) is 56.7 Å². The maximum Gasteiger partial charge on any atom is 0.115 e. The van der Waals surface area contributed by atoms with Gasteiger partial charge in [0.1, 0.15) is 5.82 Å². The molecule has 0 spiro atoms. The van der Waals surface area contributed by atoms with E-state index in [9.17, 15) is 0 Å². The van der Waals surface area contributed by atoms with Crippen LogP contribution in [0.3, 0.4) is 0 Å². The number of fused-ring (bicyclic) bond motifs is 1. The van der Waals surface area contributed by atoms with Gasteiger partial charge in [0.25, 0.3) is 0 Å². The van der Waals surface area contributed by atoms with E-state index in [1.54, 1.807) is 0 Å². The summed E-state index contributed by atoms with van der Waals surface area (Å²) in [6.07, 6.45) is 0.675. The molecule has 0 fully saturated rings. The lowest BCUT2D eigenvalue weighted by molar-refractivity contribution is 0.912. The Morgan fingerprint density at radius 3 is 2.62 bits per heavy atom. The molecular weight excluding hydrogens is 394 g/mol. The quantitative estimate of drug-likeness (QED) is 0.499. The first-order chi connectivity index (χ1) is 10.1. The fourth-order valence-electron chi connectivity index (χ4n) is 2.26. The lowest BCUT2D eigenvalue weighted by Gasteiger charge is -2.10. The Balaban J connectivity index is 2.29. The van der Waals surface area contributed by atoms with Crippen LogP contribution < -0.4 is 0 Å². The molecule has 0 unspecified atom stereocenters. The summed E-state index contributed by atoms with van der Waals surface area (Å²) in [5.74, 6) is 1.41. The zero-order valence-corrected chi connectivity index (χ0v) is 14.6. The first-order valence-electron chi connectivity index (χ1n) is 6.28. The highest BCUT2D eigenvalue weighted by Gasteiger charge is 2.13. The van der Waals surface area contributed by atoms with Crippen molar-refractivity contribution >= 4 is 61.8 Å². The first kappa shape index (κ1) is 15.2. The van der Waals surface area contributed by atoms with E-state index in [-0.39, 0.29) is 0 Å². The molecule has 0 saturated carbocycles. The van der Waals surface area contributed by atoms with Gasteiger partial charge in [-0.15, -0.1) is 11.6 Å². The van der Waals surface area contributed by atoms with Gasteiger partial charge in [-0.1, -0.05) is 23.2 Å². The third-order valence-corrected chi connectivity index (χ3v) is 4.80. The Kier molecular flexibility index (Phi) is 4.46. The summed E-state index contributed by atoms with van der Waals surface area (Å²) in [6, 6.07) is 11.4. The third-order valence-electron chi connectivity index (χ3n) is 3.17. The summed E-state index contributed by atoms with van der Waals surface area (Å²) in [6.45, 7) is 0. The molecule has 3 rings (SSSR count). The number of imidazole rings is 1. The summed E-state index contributed by atoms with van der Waals surface area (Å²) in [7, 11) is 0. The van der Waals surface area contributed by atoms with Crippen molar-refractivity contribution < 1.29 is 0 Å². The van der Waals surface area contributed by atoms with Gasteiger partial charge in [-0.3, -0.25) is 4.57 Å². The average Bonchev–Trinajstić information content (AvgIpc) is 2.80. The van der Waals surface area contributed by atoms with Crippen molar-refractivity contribution in [2.75, 3.05) is 5.88 Å². The van der Waals surface area contributed by atoms with Crippen LogP contribution in [0.25, 0.3) is 16.7 Å². The van der Waals surface area contributed by atoms with Gasteiger partial charge in [0.2, 0.25) is 0 Å². The number of benzene rings is 2. The summed E-state index contributed by atoms with van der Waals surface area (Å²) < 4.78 is 2.90. The minimum atomic E-state index is 0.506. The van der Waals surface area contributed by atoms with E-state index < -0.39 is 0 Å². The molecule has 6 heteroatoms. The van der Waals surface area contributed by atoms with Crippen molar-refractivity contribution in [2.45, 2.75) is 6.42 Å². The van der Waals surface area contributed by atoms with Crippen molar-refractivity contribution in [3.63, 3.8) is 0 Å². The topological polar surface area (TPSA) is 17.8 Å². The highest BCUT2D eigenvalue weighted by Crippen LogP contribution is 2.29. The second-order valence-electron chi connectivity index (χ2n) is 4.53. The van der Waals surface area contributed by atoms with Crippen LogP contribution >= 0.6 is 50.7 Å². The molecule has 0 N–H and O–H groups in total. The van der Waals surface area contributed by atoms with E-state index in [0.717, 1.165) is 27.0 Å². The Morgan fingerprint density at radius 2 is 1.90 bits per heavy atom. The van der Waals surface area contributed by atoms with Gasteiger partial charge in [0.15, 0.2) is 0 Å². The van der Waals surface area contributed by atoms with E-state index in [0.29, 0.717) is 22.3 Å². The summed E-state index contributed by atoms with van der Waals surface area (Å²) in [4.78, 5) is 4.64. The molecule has 21 heavy (non-hydrogen) atoms. The average molecular weight is 405 g/mol. The minimum absolute atomic E-state index is 0.506. The monoisotopic (exact) mass is 402 g/mol. The summed E-state index contributed by atoms with van der Waals surface area (Å²) in [5.41, 5.74) is 2.82. The van der Waals surface area contributed by atoms with Crippen LogP contribution in [0.15, 0.2) is 40.9 Å². The lowest BCUT2D eigenvalue weighted by atomic mass is 10.2. The Labute approximate surface area is 145 Å². The molecule has 0 amide bonds. The van der Waals surface area contributed by atoms with Gasteiger partial charge in [0, 0.05) is 27.5 Å². The second kappa shape index (κ2) is 6.17. The molecule has 0 bridgehead atoms. The van der Waals surface area contributed by atoms with E-state index in [1.165, 1.54) is 0 Å². The molecular formula is C15H10BrCl3N2. The highest BCUT2D eigenvalue weighted by atomic mass is 79.9. The van der Waals surface area contributed by atoms with Gasteiger partial charge in [-0.25, -0.2) is 4.98 Å². The minimum Gasteiger partial charge on any atom is -0.296 e. The van der Waals surface area contributed by atoms with Gasteiger partial charge in [-0.2, -0.15) is 0 Å². The van der Waals surface area contributed by atoms with Crippen molar-refractivity contribution in [2.24, 2.45) is 0 Å². The smallest absolute Gasteiger partial charge is 0.115 e. The summed E-state index contributed by atoms with van der Waals surface area (Å²) >= 11 is 21.6. The number of alkyl halides is 1. The summed E-state index contributed by atoms with van der Waals surface area (Å²) in [5, 5.41) is 1.34. The molecule has 0 aliphatic heterocycles. The fourth-order valence-corrected chi connectivity index (χ4v) is 3.08. The van der Waals surface area contributed by atoms with E-state index >= 15 is 0 Å². The van der Waals surface area contributed by atoms with E-state index in [2.05, 4.69) is 25.5 Å². The standard InChI is InChI=1S/C15H10BrCl3N2/c16-11-8-10(2-3-12(11)19)21-14-7-9(18)1-4-13(14)20-15(21)5-6-17/h1-4,7-8H,5-6H2. The van der Waals surface area contributed by atoms with Crippen molar-refractivity contribution in [3.8, 4) is 5.69 Å². The molecule has 108 valence electrons. The van der Waals surface area contributed by atoms with Crippen LogP contribution in [0.5, 0.6) is 0 Å². The molecule has 2 nitrogen and oxygen atoms in total. The zero-order chi connectivity index (χ0) is 15.0. The SMILES string of the molecule is ClCCc1nc2ccc(Cl)cc2n1-c1ccc(Cl)c(Br)c1. The molecule has 0 aliphatic rings. The maximum atomic E-state index is 6.12. The van der Waals surface area contributed by atoms with E-state index in [1.807, 2.05) is 36.4 Å². The lowest BCUT2D eigenvalue weighted by Crippen LogP contribution is -2.02. The molecule has 2 aromatic carbocycles. The molecule has 0 radical (unpaired) electrons. The number of aromatic nitrogens is 2. The number of nitrogens with zero attached hydrogens (tertiary/aromatic N) is 2. The van der Waals surface area contributed by atoms with Gasteiger partial charge < -0.3 is 0 Å². The molecule has 1 heterocycles. The van der Waals surface area contributed by atoms with Crippen LogP contribution in [-0.4, -0.2) is 15.4 Å². The van der Waals surface area contributed by atoms with Gasteiger partial charge in [0.05, 0.1) is 16.1 Å². The fraction of sp³-hybridized carbons (Fsp3) is 0.133. The van der Waals surface area contributed by atoms with E-state index in [4.69, 9.17) is 34.8 Å². The van der Waals surface area contributed by atoms with Gasteiger partial charge in [-0.05, 0) is 52.3 Å². The van der Waals surface area contributed by atoms with Gasteiger partial charge >= 0.3 is 0 Å². The predicted octanol–water partition coefficient (Wildman–Crippen LogP) is 5.88. The number of halogens is 4. The molecule has 0 atom stereocenters. The zero-order valence-electron chi connectivity index (χ0n) is 10.8. The number of rotatable bonds is 3. The van der Waals surface area contributed by atoms with Crippen LogP contribution in [0.4, 0.5) is 0 Å².